The molecule has 0 aliphatic heterocycles. The van der Waals surface area contributed by atoms with Crippen molar-refractivity contribution in [1.82, 2.24) is 9.97 Å². The molecule has 0 radical (unpaired) electrons. The Kier molecular flexibility index (Phi) is 1.73. The second-order valence-corrected chi connectivity index (χ2v) is 3.00. The van der Waals surface area contributed by atoms with E-state index in [9.17, 15) is 14.0 Å². The van der Waals surface area contributed by atoms with Crippen LogP contribution in [0.15, 0.2) is 21.7 Å². The highest BCUT2D eigenvalue weighted by molar-refractivity contribution is 5.80. The minimum absolute atomic E-state index is 0.249. The summed E-state index contributed by atoms with van der Waals surface area (Å²) in [5.41, 5.74) is -0.618. The molecule has 0 unspecified atom stereocenters. The highest BCUT2D eigenvalue weighted by atomic mass is 19.1. The molecular formula is C9H7FN2O2. The molecule has 0 saturated carbocycles. The molecule has 0 fully saturated rings. The zero-order valence-electron chi connectivity index (χ0n) is 7.35. The first-order chi connectivity index (χ1) is 6.59. The van der Waals surface area contributed by atoms with Crippen molar-refractivity contribution >= 4 is 10.9 Å². The number of fused-ring (bicyclic) bond motifs is 1. The van der Waals surface area contributed by atoms with Gasteiger partial charge in [0.2, 0.25) is 0 Å². The van der Waals surface area contributed by atoms with Crippen LogP contribution in [-0.2, 0) is 0 Å². The number of aromatic amines is 2. The number of hydrogen-bond acceptors (Lipinski definition) is 2. The van der Waals surface area contributed by atoms with Gasteiger partial charge in [-0.1, -0.05) is 0 Å². The number of benzene rings is 1. The van der Waals surface area contributed by atoms with Gasteiger partial charge in [0.25, 0.3) is 5.56 Å². The lowest BCUT2D eigenvalue weighted by Crippen LogP contribution is -2.22. The molecule has 1 heterocycles. The van der Waals surface area contributed by atoms with Gasteiger partial charge in [-0.3, -0.25) is 9.78 Å². The first kappa shape index (κ1) is 8.68. The molecule has 1 aromatic heterocycles. The standard InChI is InChI=1S/C9H7FN2O2/c1-4-6(10)3-2-5-7(4)11-9(14)12-8(5)13/h2-3H,1H3,(H2,11,12,13,14). The van der Waals surface area contributed by atoms with Crippen molar-refractivity contribution in [3.63, 3.8) is 0 Å². The van der Waals surface area contributed by atoms with Crippen LogP contribution in [0.4, 0.5) is 4.39 Å². The summed E-state index contributed by atoms with van der Waals surface area (Å²) in [4.78, 5) is 26.7. The molecule has 2 N–H and O–H groups in total. The summed E-state index contributed by atoms with van der Waals surface area (Å²) in [6.45, 7) is 1.51. The predicted octanol–water partition coefficient (Wildman–Crippen LogP) is 0.664. The monoisotopic (exact) mass is 194 g/mol. The molecule has 0 amide bonds. The van der Waals surface area contributed by atoms with Gasteiger partial charge in [-0.05, 0) is 19.1 Å². The summed E-state index contributed by atoms with van der Waals surface area (Å²) >= 11 is 0. The summed E-state index contributed by atoms with van der Waals surface area (Å²) in [5, 5.41) is 0.281. The van der Waals surface area contributed by atoms with Gasteiger partial charge in [-0.15, -0.1) is 0 Å². The number of hydrogen-bond donors (Lipinski definition) is 2. The number of aryl methyl sites for hydroxylation is 1. The van der Waals surface area contributed by atoms with Gasteiger partial charge in [0.05, 0.1) is 10.9 Å². The van der Waals surface area contributed by atoms with Crippen LogP contribution in [0.5, 0.6) is 0 Å². The smallest absolute Gasteiger partial charge is 0.306 e. The Bertz CT molecular complexity index is 612. The van der Waals surface area contributed by atoms with Crippen LogP contribution in [0.1, 0.15) is 5.56 Å². The van der Waals surface area contributed by atoms with E-state index in [0.29, 0.717) is 0 Å². The second kappa shape index (κ2) is 2.80. The zero-order chi connectivity index (χ0) is 10.3. The van der Waals surface area contributed by atoms with Crippen LogP contribution < -0.4 is 11.2 Å². The lowest BCUT2D eigenvalue weighted by molar-refractivity contribution is 0.620. The fourth-order valence-electron chi connectivity index (χ4n) is 1.35. The van der Waals surface area contributed by atoms with Gasteiger partial charge in [-0.2, -0.15) is 0 Å². The van der Waals surface area contributed by atoms with Crippen molar-refractivity contribution in [2.24, 2.45) is 0 Å². The minimum Gasteiger partial charge on any atom is -0.306 e. The molecule has 14 heavy (non-hydrogen) atoms. The van der Waals surface area contributed by atoms with Crippen LogP contribution in [0.2, 0.25) is 0 Å². The SMILES string of the molecule is Cc1c(F)ccc2c(=O)[nH]c(=O)[nH]c12. The fourth-order valence-corrected chi connectivity index (χ4v) is 1.35. The molecule has 2 aromatic rings. The van der Waals surface area contributed by atoms with Gasteiger partial charge in [0, 0.05) is 5.56 Å². The second-order valence-electron chi connectivity index (χ2n) is 3.00. The first-order valence-corrected chi connectivity index (χ1v) is 4.01. The number of rotatable bonds is 0. The molecule has 0 aliphatic rings. The van der Waals surface area contributed by atoms with Crippen molar-refractivity contribution in [2.45, 2.75) is 6.92 Å². The zero-order valence-corrected chi connectivity index (χ0v) is 7.35. The van der Waals surface area contributed by atoms with Crippen molar-refractivity contribution in [3.05, 3.63) is 44.4 Å². The summed E-state index contributed by atoms with van der Waals surface area (Å²) in [6.07, 6.45) is 0. The predicted molar refractivity (Wildman–Crippen MR) is 49.9 cm³/mol. The molecule has 0 bridgehead atoms. The molecule has 0 aliphatic carbocycles. The van der Waals surface area contributed by atoms with Crippen molar-refractivity contribution < 1.29 is 4.39 Å². The average molecular weight is 194 g/mol. The topological polar surface area (TPSA) is 65.7 Å². The Morgan fingerprint density at radius 3 is 2.64 bits per heavy atom. The third-order valence-electron chi connectivity index (χ3n) is 2.11. The summed E-state index contributed by atoms with van der Waals surface area (Å²) < 4.78 is 13.1. The summed E-state index contributed by atoms with van der Waals surface area (Å²) in [7, 11) is 0. The molecule has 2 rings (SSSR count). The Morgan fingerprint density at radius 1 is 1.21 bits per heavy atom. The maximum atomic E-state index is 13.1. The Hall–Kier alpha value is -1.91. The van der Waals surface area contributed by atoms with Gasteiger partial charge in [0.15, 0.2) is 0 Å². The number of H-pyrrole nitrogens is 2. The van der Waals surface area contributed by atoms with Crippen LogP contribution >= 0.6 is 0 Å². The molecule has 5 heteroatoms. The van der Waals surface area contributed by atoms with Crippen LogP contribution in [0.25, 0.3) is 10.9 Å². The van der Waals surface area contributed by atoms with E-state index in [4.69, 9.17) is 0 Å². The van der Waals surface area contributed by atoms with E-state index in [1.54, 1.807) is 0 Å². The van der Waals surface area contributed by atoms with Crippen molar-refractivity contribution in [3.8, 4) is 0 Å². The van der Waals surface area contributed by atoms with Crippen LogP contribution in [0.3, 0.4) is 0 Å². The molecule has 0 spiro atoms. The van der Waals surface area contributed by atoms with E-state index in [1.807, 2.05) is 0 Å². The third kappa shape index (κ3) is 1.14. The number of aromatic nitrogens is 2. The van der Waals surface area contributed by atoms with Crippen LogP contribution in [0, 0.1) is 12.7 Å². The maximum Gasteiger partial charge on any atom is 0.326 e. The van der Waals surface area contributed by atoms with Gasteiger partial charge in [-0.25, -0.2) is 9.18 Å². The lowest BCUT2D eigenvalue weighted by atomic mass is 10.1. The maximum absolute atomic E-state index is 13.1. The summed E-state index contributed by atoms with van der Waals surface area (Å²) in [6, 6.07) is 2.54. The molecule has 4 nitrogen and oxygen atoms in total. The van der Waals surface area contributed by atoms with E-state index in [1.165, 1.54) is 19.1 Å². The van der Waals surface area contributed by atoms with Crippen molar-refractivity contribution in [1.29, 1.82) is 0 Å². The Balaban J connectivity index is 3.10. The van der Waals surface area contributed by atoms with E-state index in [0.717, 1.165) is 0 Å². The van der Waals surface area contributed by atoms with E-state index >= 15 is 0 Å². The van der Waals surface area contributed by atoms with E-state index in [2.05, 4.69) is 9.97 Å². The molecule has 1 aromatic carbocycles. The highest BCUT2D eigenvalue weighted by Gasteiger charge is 2.06. The van der Waals surface area contributed by atoms with Crippen LogP contribution in [-0.4, -0.2) is 9.97 Å². The highest BCUT2D eigenvalue weighted by Crippen LogP contribution is 2.13. The normalized spacial score (nSPS) is 10.7. The minimum atomic E-state index is -0.629. The number of nitrogens with one attached hydrogen (secondary N) is 2. The summed E-state index contributed by atoms with van der Waals surface area (Å²) in [5.74, 6) is -0.446. The van der Waals surface area contributed by atoms with Gasteiger partial charge < -0.3 is 4.98 Å². The fraction of sp³-hybridized carbons (Fsp3) is 0.111. The average Bonchev–Trinajstić information content (AvgIpc) is 2.12. The van der Waals surface area contributed by atoms with E-state index in [-0.39, 0.29) is 16.5 Å². The Morgan fingerprint density at radius 2 is 1.93 bits per heavy atom. The molecule has 72 valence electrons. The lowest BCUT2D eigenvalue weighted by Gasteiger charge is -2.00. The van der Waals surface area contributed by atoms with Gasteiger partial charge >= 0.3 is 5.69 Å². The van der Waals surface area contributed by atoms with E-state index < -0.39 is 17.1 Å². The molecule has 0 saturated heterocycles. The third-order valence-corrected chi connectivity index (χ3v) is 2.11. The quantitative estimate of drug-likeness (QED) is 0.647. The molecular weight excluding hydrogens is 187 g/mol. The van der Waals surface area contributed by atoms with Gasteiger partial charge in [0.1, 0.15) is 5.82 Å². The Labute approximate surface area is 77.4 Å². The largest absolute Gasteiger partial charge is 0.326 e. The number of halogens is 1. The first-order valence-electron chi connectivity index (χ1n) is 4.01. The van der Waals surface area contributed by atoms with Crippen molar-refractivity contribution in [2.75, 3.05) is 0 Å². The molecule has 0 atom stereocenters.